The lowest BCUT2D eigenvalue weighted by Crippen LogP contribution is -2.04. The minimum Gasteiger partial charge on any atom is -0.493 e. The average molecular weight is 364 g/mol. The van der Waals surface area contributed by atoms with E-state index < -0.39 is 5.97 Å². The lowest BCUT2D eigenvalue weighted by molar-refractivity contribution is -0.128. The van der Waals surface area contributed by atoms with Crippen LogP contribution in [0.5, 0.6) is 17.2 Å². The first-order chi connectivity index (χ1) is 10.6. The van der Waals surface area contributed by atoms with Crippen LogP contribution in [0.15, 0.2) is 47.2 Å². The van der Waals surface area contributed by atoms with Crippen molar-refractivity contribution in [2.45, 2.75) is 0 Å². The second-order valence-corrected chi connectivity index (χ2v) is 4.91. The summed E-state index contributed by atoms with van der Waals surface area (Å²) in [5, 5.41) is 0. The number of aromatic nitrogens is 1. The van der Waals surface area contributed by atoms with E-state index in [1.165, 1.54) is 6.08 Å². The number of pyridine rings is 1. The zero-order valence-electron chi connectivity index (χ0n) is 12.1. The fourth-order valence-electron chi connectivity index (χ4n) is 1.71. The number of benzene rings is 1. The van der Waals surface area contributed by atoms with Gasteiger partial charge in [-0.2, -0.15) is 0 Å². The van der Waals surface area contributed by atoms with Gasteiger partial charge in [0.25, 0.3) is 0 Å². The molecule has 6 heteroatoms. The number of methoxy groups -OCH3 is 2. The van der Waals surface area contributed by atoms with Gasteiger partial charge in [0, 0.05) is 12.3 Å². The van der Waals surface area contributed by atoms with Crippen LogP contribution in [0.2, 0.25) is 0 Å². The zero-order chi connectivity index (χ0) is 15.9. The Morgan fingerprint density at radius 3 is 2.59 bits per heavy atom. The van der Waals surface area contributed by atoms with Gasteiger partial charge in [-0.1, -0.05) is 6.07 Å². The van der Waals surface area contributed by atoms with Gasteiger partial charge in [-0.05, 0) is 51.8 Å². The number of nitrogens with zero attached hydrogens (tertiary/aromatic N) is 1. The quantitative estimate of drug-likeness (QED) is 0.462. The smallest absolute Gasteiger partial charge is 0.336 e. The van der Waals surface area contributed by atoms with E-state index in [9.17, 15) is 4.79 Å². The van der Waals surface area contributed by atoms with E-state index in [-0.39, 0.29) is 0 Å². The van der Waals surface area contributed by atoms with Crippen molar-refractivity contribution in [3.8, 4) is 17.2 Å². The van der Waals surface area contributed by atoms with E-state index in [2.05, 4.69) is 20.9 Å². The Morgan fingerprint density at radius 2 is 1.91 bits per heavy atom. The summed E-state index contributed by atoms with van der Waals surface area (Å²) in [5.74, 6) is 1.09. The second kappa shape index (κ2) is 7.61. The maximum absolute atomic E-state index is 11.8. The van der Waals surface area contributed by atoms with Crippen molar-refractivity contribution < 1.29 is 19.0 Å². The van der Waals surface area contributed by atoms with Crippen LogP contribution in [0, 0.1) is 0 Å². The molecule has 1 aromatic carbocycles. The highest BCUT2D eigenvalue weighted by Crippen LogP contribution is 2.28. The van der Waals surface area contributed by atoms with Gasteiger partial charge in [0.05, 0.1) is 14.2 Å². The topological polar surface area (TPSA) is 57.7 Å². The van der Waals surface area contributed by atoms with Crippen molar-refractivity contribution in [1.29, 1.82) is 0 Å². The van der Waals surface area contributed by atoms with Crippen molar-refractivity contribution in [1.82, 2.24) is 4.98 Å². The Morgan fingerprint density at radius 1 is 1.14 bits per heavy atom. The number of carbonyl (C=O) groups is 1. The fraction of sp³-hybridized carbons (Fsp3) is 0.125. The molecule has 22 heavy (non-hydrogen) atoms. The number of esters is 1. The minimum absolute atomic E-state index is 0.365. The Balaban J connectivity index is 2.08. The van der Waals surface area contributed by atoms with E-state index >= 15 is 0 Å². The predicted octanol–water partition coefficient (Wildman–Crippen LogP) is 3.48. The standard InChI is InChI=1S/C16H14BrNO4/c1-20-12-7-5-11(10-14(12)21-2)6-8-15(19)22-13-4-3-9-18-16(13)17/h3-10H,1-2H3/b8-6+. The second-order valence-electron chi connectivity index (χ2n) is 4.16. The van der Waals surface area contributed by atoms with E-state index in [1.807, 2.05) is 6.07 Å². The van der Waals surface area contributed by atoms with Crippen LogP contribution in [0.25, 0.3) is 6.08 Å². The van der Waals surface area contributed by atoms with Crippen LogP contribution in [-0.2, 0) is 4.79 Å². The SMILES string of the molecule is COc1ccc(/C=C/C(=O)Oc2cccnc2Br)cc1OC. The highest BCUT2D eigenvalue weighted by atomic mass is 79.9. The molecule has 0 atom stereocenters. The molecule has 0 saturated carbocycles. The van der Waals surface area contributed by atoms with Crippen LogP contribution in [-0.4, -0.2) is 25.2 Å². The first kappa shape index (κ1) is 16.0. The lowest BCUT2D eigenvalue weighted by Gasteiger charge is -2.07. The Kier molecular flexibility index (Phi) is 5.55. The van der Waals surface area contributed by atoms with Crippen LogP contribution in [0.4, 0.5) is 0 Å². The summed E-state index contributed by atoms with van der Waals surface area (Å²) in [6, 6.07) is 8.68. The molecule has 0 unspecified atom stereocenters. The Labute approximate surface area is 136 Å². The van der Waals surface area contributed by atoms with Crippen molar-refractivity contribution in [3.05, 3.63) is 52.8 Å². The third-order valence-electron chi connectivity index (χ3n) is 2.75. The molecule has 0 radical (unpaired) electrons. The monoisotopic (exact) mass is 363 g/mol. The summed E-state index contributed by atoms with van der Waals surface area (Å²) >= 11 is 3.21. The van der Waals surface area contributed by atoms with Crippen molar-refractivity contribution in [2.24, 2.45) is 0 Å². The molecule has 0 amide bonds. The van der Waals surface area contributed by atoms with Gasteiger partial charge in [0.2, 0.25) is 0 Å². The molecule has 114 valence electrons. The first-order valence-electron chi connectivity index (χ1n) is 6.36. The summed E-state index contributed by atoms with van der Waals surface area (Å²) in [6.45, 7) is 0. The highest BCUT2D eigenvalue weighted by molar-refractivity contribution is 9.10. The van der Waals surface area contributed by atoms with Crippen LogP contribution in [0.3, 0.4) is 0 Å². The summed E-state index contributed by atoms with van der Waals surface area (Å²) in [7, 11) is 3.12. The molecule has 5 nitrogen and oxygen atoms in total. The minimum atomic E-state index is -0.497. The Bertz CT molecular complexity index is 700. The van der Waals surface area contributed by atoms with Gasteiger partial charge >= 0.3 is 5.97 Å². The summed E-state index contributed by atoms with van der Waals surface area (Å²) in [6.07, 6.45) is 4.57. The molecule has 2 aromatic rings. The summed E-state index contributed by atoms with van der Waals surface area (Å²) in [5.41, 5.74) is 0.792. The normalized spacial score (nSPS) is 10.5. The van der Waals surface area contributed by atoms with Crippen LogP contribution in [0.1, 0.15) is 5.56 Å². The molecule has 1 heterocycles. The summed E-state index contributed by atoms with van der Waals surface area (Å²) < 4.78 is 16.0. The van der Waals surface area contributed by atoms with Crippen molar-refractivity contribution in [3.63, 3.8) is 0 Å². The third kappa shape index (κ3) is 4.08. The molecule has 0 aliphatic carbocycles. The average Bonchev–Trinajstić information content (AvgIpc) is 2.54. The molecular weight excluding hydrogens is 350 g/mol. The zero-order valence-corrected chi connectivity index (χ0v) is 13.7. The van der Waals surface area contributed by atoms with E-state index in [0.29, 0.717) is 21.9 Å². The molecule has 0 aliphatic heterocycles. The van der Waals surface area contributed by atoms with Gasteiger partial charge in [-0.15, -0.1) is 0 Å². The number of hydrogen-bond acceptors (Lipinski definition) is 5. The third-order valence-corrected chi connectivity index (χ3v) is 3.35. The molecule has 1 aromatic heterocycles. The molecule has 0 spiro atoms. The van der Waals surface area contributed by atoms with E-state index in [0.717, 1.165) is 5.56 Å². The number of ether oxygens (including phenoxy) is 3. The maximum Gasteiger partial charge on any atom is 0.336 e. The van der Waals surface area contributed by atoms with Crippen LogP contribution < -0.4 is 14.2 Å². The van der Waals surface area contributed by atoms with Crippen molar-refractivity contribution >= 4 is 28.0 Å². The largest absolute Gasteiger partial charge is 0.493 e. The van der Waals surface area contributed by atoms with Gasteiger partial charge in [-0.3, -0.25) is 0 Å². The fourth-order valence-corrected chi connectivity index (χ4v) is 2.04. The predicted molar refractivity (Wildman–Crippen MR) is 86.2 cm³/mol. The number of halogens is 1. The van der Waals surface area contributed by atoms with Gasteiger partial charge < -0.3 is 14.2 Å². The van der Waals surface area contributed by atoms with Gasteiger partial charge in [0.1, 0.15) is 4.60 Å². The van der Waals surface area contributed by atoms with E-state index in [4.69, 9.17) is 14.2 Å². The number of hydrogen-bond donors (Lipinski definition) is 0. The van der Waals surface area contributed by atoms with Crippen LogP contribution >= 0.6 is 15.9 Å². The van der Waals surface area contributed by atoms with Gasteiger partial charge in [0.15, 0.2) is 17.2 Å². The maximum atomic E-state index is 11.8. The number of rotatable bonds is 5. The van der Waals surface area contributed by atoms with E-state index in [1.54, 1.807) is 50.8 Å². The van der Waals surface area contributed by atoms with Crippen molar-refractivity contribution in [2.75, 3.05) is 14.2 Å². The first-order valence-corrected chi connectivity index (χ1v) is 7.15. The lowest BCUT2D eigenvalue weighted by atomic mass is 10.2. The summed E-state index contributed by atoms with van der Waals surface area (Å²) in [4.78, 5) is 15.8. The molecule has 0 bridgehead atoms. The molecule has 0 saturated heterocycles. The molecular formula is C16H14BrNO4. The van der Waals surface area contributed by atoms with Gasteiger partial charge in [-0.25, -0.2) is 9.78 Å². The molecule has 0 aliphatic rings. The molecule has 0 N–H and O–H groups in total. The highest BCUT2D eigenvalue weighted by Gasteiger charge is 2.06. The number of carbonyl (C=O) groups excluding carboxylic acids is 1. The Hall–Kier alpha value is -2.34. The molecule has 0 fully saturated rings. The molecule has 2 rings (SSSR count).